The van der Waals surface area contributed by atoms with Crippen molar-refractivity contribution in [1.29, 1.82) is 0 Å². The van der Waals surface area contributed by atoms with Crippen molar-refractivity contribution in [1.82, 2.24) is 0 Å². The summed E-state index contributed by atoms with van der Waals surface area (Å²) >= 11 is 0. The van der Waals surface area contributed by atoms with Gasteiger partial charge in [0.05, 0.1) is 5.56 Å². The number of phenolic OH excluding ortho intramolecular Hbond substituents is 1. The van der Waals surface area contributed by atoms with Crippen molar-refractivity contribution in [3.8, 4) is 5.75 Å². The number of halogens is 3. The van der Waals surface area contributed by atoms with Crippen LogP contribution in [0.3, 0.4) is 0 Å². The monoisotopic (exact) mass is 301 g/mol. The molecule has 0 aliphatic carbocycles. The summed E-state index contributed by atoms with van der Waals surface area (Å²) in [7, 11) is 1.83. The van der Waals surface area contributed by atoms with E-state index in [1.807, 2.05) is 32.7 Å². The Morgan fingerprint density at radius 3 is 2.48 bits per heavy atom. The predicted molar refractivity (Wildman–Crippen MR) is 74.0 cm³/mol. The van der Waals surface area contributed by atoms with Crippen molar-refractivity contribution in [3.63, 3.8) is 0 Å². The summed E-state index contributed by atoms with van der Waals surface area (Å²) in [6, 6.07) is 2.43. The third-order valence-electron chi connectivity index (χ3n) is 4.25. The van der Waals surface area contributed by atoms with Crippen LogP contribution >= 0.6 is 0 Å². The third kappa shape index (κ3) is 2.59. The number of alkyl halides is 3. The molecule has 116 valence electrons. The first-order chi connectivity index (χ1) is 9.45. The molecule has 0 saturated heterocycles. The van der Waals surface area contributed by atoms with Gasteiger partial charge in [0.2, 0.25) is 0 Å². The van der Waals surface area contributed by atoms with Crippen LogP contribution in [-0.4, -0.2) is 29.7 Å². The summed E-state index contributed by atoms with van der Waals surface area (Å²) in [6.45, 7) is 5.96. The summed E-state index contributed by atoms with van der Waals surface area (Å²) < 4.78 is 37.7. The predicted octanol–water partition coefficient (Wildman–Crippen LogP) is 3.86. The Labute approximate surface area is 121 Å². The third-order valence-corrected chi connectivity index (χ3v) is 4.25. The number of benzene rings is 1. The highest BCUT2D eigenvalue weighted by atomic mass is 19.4. The highest BCUT2D eigenvalue weighted by Gasteiger charge is 2.42. The number of nitrogens with zero attached hydrogens (tertiary/aromatic N) is 1. The Hall–Kier alpha value is -1.72. The molecule has 1 aromatic rings. The summed E-state index contributed by atoms with van der Waals surface area (Å²) in [4.78, 5) is 13.3. The number of hydrogen-bond acceptors (Lipinski definition) is 3. The van der Waals surface area contributed by atoms with Crippen LogP contribution in [0.15, 0.2) is 12.1 Å². The molecule has 0 spiro atoms. The van der Waals surface area contributed by atoms with Crippen LogP contribution in [0.2, 0.25) is 0 Å². The zero-order valence-corrected chi connectivity index (χ0v) is 12.4. The van der Waals surface area contributed by atoms with Crippen molar-refractivity contribution in [2.24, 2.45) is 0 Å². The molecule has 0 fully saturated rings. The molecule has 0 aromatic heterocycles. The number of hydrogen-bond donors (Lipinski definition) is 1. The van der Waals surface area contributed by atoms with E-state index < -0.39 is 23.3 Å². The second-order valence-electron chi connectivity index (χ2n) is 6.23. The molecular weight excluding hydrogens is 283 g/mol. The average molecular weight is 301 g/mol. The summed E-state index contributed by atoms with van der Waals surface area (Å²) in [5, 5.41) is 9.83. The highest BCUT2D eigenvalue weighted by molar-refractivity contribution is 6.03. The van der Waals surface area contributed by atoms with Gasteiger partial charge in [-0.2, -0.15) is 13.2 Å². The topological polar surface area (TPSA) is 40.5 Å². The molecule has 6 heteroatoms. The van der Waals surface area contributed by atoms with Crippen molar-refractivity contribution in [2.75, 3.05) is 11.9 Å². The molecule has 0 bridgehead atoms. The second-order valence-corrected chi connectivity index (χ2v) is 6.23. The summed E-state index contributed by atoms with van der Waals surface area (Å²) in [5.74, 6) is -2.64. The Morgan fingerprint density at radius 1 is 1.38 bits per heavy atom. The first kappa shape index (κ1) is 15.7. The number of carbonyl (C=O) groups excluding carboxylic acids is 1. The maximum Gasteiger partial charge on any atom is 0.455 e. The van der Waals surface area contributed by atoms with Gasteiger partial charge in [0, 0.05) is 24.3 Å². The lowest BCUT2D eigenvalue weighted by molar-refractivity contribution is -0.0886. The molecule has 21 heavy (non-hydrogen) atoms. The van der Waals surface area contributed by atoms with Crippen molar-refractivity contribution >= 4 is 11.5 Å². The van der Waals surface area contributed by atoms with E-state index in [4.69, 9.17) is 0 Å². The van der Waals surface area contributed by atoms with E-state index in [0.29, 0.717) is 11.3 Å². The van der Waals surface area contributed by atoms with Gasteiger partial charge in [-0.25, -0.2) is 0 Å². The molecule has 0 saturated carbocycles. The molecule has 1 heterocycles. The van der Waals surface area contributed by atoms with E-state index in [-0.39, 0.29) is 11.5 Å². The maximum absolute atomic E-state index is 12.6. The van der Waals surface area contributed by atoms with Gasteiger partial charge < -0.3 is 10.0 Å². The van der Waals surface area contributed by atoms with E-state index in [9.17, 15) is 23.1 Å². The zero-order chi connectivity index (χ0) is 16.2. The normalized spacial score (nSPS) is 21.1. The lowest BCUT2D eigenvalue weighted by Gasteiger charge is -2.45. The molecule has 1 N–H and O–H groups in total. The van der Waals surface area contributed by atoms with Crippen LogP contribution in [-0.2, 0) is 0 Å². The number of Topliss-reactive ketones (excluding diaryl/α,β-unsaturated/α-hetero) is 1. The van der Waals surface area contributed by atoms with Crippen LogP contribution in [0.5, 0.6) is 5.75 Å². The van der Waals surface area contributed by atoms with Crippen molar-refractivity contribution in [3.05, 3.63) is 23.3 Å². The van der Waals surface area contributed by atoms with Gasteiger partial charge in [0.1, 0.15) is 5.75 Å². The Kier molecular flexibility index (Phi) is 3.46. The van der Waals surface area contributed by atoms with Crippen LogP contribution < -0.4 is 4.90 Å². The first-order valence-corrected chi connectivity index (χ1v) is 6.67. The first-order valence-electron chi connectivity index (χ1n) is 6.67. The number of fused-ring (bicyclic) bond motifs is 1. The maximum atomic E-state index is 12.6. The summed E-state index contributed by atoms with van der Waals surface area (Å²) in [5.41, 5.74) is 0.465. The van der Waals surface area contributed by atoms with Gasteiger partial charge in [-0.1, -0.05) is 6.92 Å². The zero-order valence-electron chi connectivity index (χ0n) is 12.4. The van der Waals surface area contributed by atoms with Crippen molar-refractivity contribution in [2.45, 2.75) is 44.8 Å². The van der Waals surface area contributed by atoms with Crippen molar-refractivity contribution < 1.29 is 23.1 Å². The molecule has 1 unspecified atom stereocenters. The minimum atomic E-state index is -4.99. The van der Waals surface area contributed by atoms with Crippen LogP contribution in [0, 0.1) is 0 Å². The molecule has 1 aliphatic heterocycles. The van der Waals surface area contributed by atoms with Gasteiger partial charge in [0.15, 0.2) is 0 Å². The fourth-order valence-electron chi connectivity index (χ4n) is 2.94. The molecule has 1 atom stereocenters. The summed E-state index contributed by atoms with van der Waals surface area (Å²) in [6.07, 6.45) is -4.24. The van der Waals surface area contributed by atoms with Gasteiger partial charge in [-0.3, -0.25) is 4.79 Å². The number of ketones is 1. The second kappa shape index (κ2) is 4.64. The number of rotatable bonds is 1. The fourth-order valence-corrected chi connectivity index (χ4v) is 2.94. The van der Waals surface area contributed by atoms with E-state index >= 15 is 0 Å². The number of phenols is 1. The highest BCUT2D eigenvalue weighted by Crippen LogP contribution is 2.45. The minimum Gasteiger partial charge on any atom is -0.507 e. The largest absolute Gasteiger partial charge is 0.507 e. The van der Waals surface area contributed by atoms with Gasteiger partial charge in [-0.15, -0.1) is 0 Å². The van der Waals surface area contributed by atoms with E-state index in [1.165, 1.54) is 12.1 Å². The molecule has 2 rings (SSSR count). The fraction of sp³-hybridized carbons (Fsp3) is 0.533. The van der Waals surface area contributed by atoms with E-state index in [0.717, 1.165) is 6.42 Å². The molecule has 3 nitrogen and oxygen atoms in total. The average Bonchev–Trinajstić information content (AvgIpc) is 2.33. The molecule has 1 aromatic carbocycles. The van der Waals surface area contributed by atoms with E-state index in [1.54, 1.807) is 0 Å². The van der Waals surface area contributed by atoms with Crippen LogP contribution in [0.25, 0.3) is 0 Å². The minimum absolute atomic E-state index is 0.00610. The van der Waals surface area contributed by atoms with Gasteiger partial charge in [0.25, 0.3) is 5.78 Å². The molecular formula is C15H18F3NO2. The van der Waals surface area contributed by atoms with Crippen LogP contribution in [0.4, 0.5) is 18.9 Å². The molecule has 0 radical (unpaired) electrons. The van der Waals surface area contributed by atoms with Gasteiger partial charge >= 0.3 is 6.18 Å². The molecule has 1 aliphatic rings. The number of aromatic hydroxyl groups is 1. The van der Waals surface area contributed by atoms with Gasteiger partial charge in [-0.05, 0) is 37.8 Å². The Bertz CT molecular complexity index is 593. The van der Waals surface area contributed by atoms with Crippen LogP contribution in [0.1, 0.15) is 49.0 Å². The smallest absolute Gasteiger partial charge is 0.455 e. The molecule has 0 amide bonds. The quantitative estimate of drug-likeness (QED) is 0.801. The Balaban J connectivity index is 2.59. The lowest BCUT2D eigenvalue weighted by Crippen LogP contribution is -2.45. The SMILES string of the molecule is CC1CC(C)(C)N(C)c2cc(O)c(C(=O)C(F)(F)F)cc21. The van der Waals surface area contributed by atoms with E-state index in [2.05, 4.69) is 0 Å². The number of anilines is 1. The standard InChI is InChI=1S/C15H18F3NO2/c1-8-7-14(2,3)19(4)11-6-12(20)10(5-9(8)11)13(21)15(16,17)18/h5-6,8,20H,7H2,1-4H3. The Morgan fingerprint density at radius 2 is 1.95 bits per heavy atom. The number of carbonyl (C=O) groups is 1. The lowest BCUT2D eigenvalue weighted by atomic mass is 9.79.